The van der Waals surface area contributed by atoms with E-state index in [0.29, 0.717) is 12.3 Å². The van der Waals surface area contributed by atoms with Crippen LogP contribution in [0.15, 0.2) is 34.0 Å². The lowest BCUT2D eigenvalue weighted by Crippen LogP contribution is -2.18. The molecule has 0 saturated heterocycles. The van der Waals surface area contributed by atoms with Gasteiger partial charge >= 0.3 is 0 Å². The van der Waals surface area contributed by atoms with E-state index in [-0.39, 0.29) is 5.09 Å². The predicted octanol–water partition coefficient (Wildman–Crippen LogP) is 0.243. The minimum absolute atomic E-state index is 0.0714. The molecule has 0 aliphatic rings. The molecule has 7 nitrogen and oxygen atoms in total. The van der Waals surface area contributed by atoms with Gasteiger partial charge in [-0.3, -0.25) is 0 Å². The average Bonchev–Trinajstić information content (AvgIpc) is 3.06. The second-order valence-corrected chi connectivity index (χ2v) is 5.71. The molecule has 0 radical (unpaired) electrons. The Balaban J connectivity index is 1.81. The van der Waals surface area contributed by atoms with E-state index >= 15 is 0 Å². The minimum Gasteiger partial charge on any atom is -0.447 e. The maximum absolute atomic E-state index is 11.5. The van der Waals surface area contributed by atoms with Crippen molar-refractivity contribution in [2.24, 2.45) is 0 Å². The summed E-state index contributed by atoms with van der Waals surface area (Å²) < 4.78 is 30.4. The van der Waals surface area contributed by atoms with E-state index in [4.69, 9.17) is 4.42 Å². The molecule has 0 aliphatic heterocycles. The van der Waals surface area contributed by atoms with E-state index < -0.39 is 10.0 Å². The first-order chi connectivity index (χ1) is 9.12. The highest BCUT2D eigenvalue weighted by Gasteiger charge is 2.15. The molecular weight excluding hydrogens is 268 g/mol. The standard InChI is InChI=1S/C11H16N4O3S/c1-12-19(16,17)11-3-2-9(18-11)8-13-5-4-10-14-6-7-15-10/h2-3,6-7,12-13H,4-5,8H2,1H3,(H,14,15). The van der Waals surface area contributed by atoms with Crippen molar-refractivity contribution in [3.63, 3.8) is 0 Å². The van der Waals surface area contributed by atoms with Crippen molar-refractivity contribution in [3.8, 4) is 0 Å². The second kappa shape index (κ2) is 6.00. The molecule has 0 aliphatic carbocycles. The fourth-order valence-electron chi connectivity index (χ4n) is 1.55. The Morgan fingerprint density at radius 2 is 2.26 bits per heavy atom. The van der Waals surface area contributed by atoms with Gasteiger partial charge in [0.1, 0.15) is 11.6 Å². The summed E-state index contributed by atoms with van der Waals surface area (Å²) in [4.78, 5) is 7.11. The third-order valence-electron chi connectivity index (χ3n) is 2.56. The number of nitrogens with one attached hydrogen (secondary N) is 3. The molecule has 0 fully saturated rings. The number of sulfonamides is 1. The Bertz CT molecular complexity index is 604. The van der Waals surface area contributed by atoms with Crippen molar-refractivity contribution < 1.29 is 12.8 Å². The molecule has 2 aromatic rings. The number of aromatic nitrogens is 2. The summed E-state index contributed by atoms with van der Waals surface area (Å²) in [5, 5.41) is 3.08. The molecule has 2 heterocycles. The second-order valence-electron chi connectivity index (χ2n) is 3.89. The van der Waals surface area contributed by atoms with Crippen LogP contribution in [-0.4, -0.2) is 32.0 Å². The van der Waals surface area contributed by atoms with Crippen LogP contribution in [0.2, 0.25) is 0 Å². The number of H-pyrrole nitrogens is 1. The fraction of sp³-hybridized carbons (Fsp3) is 0.364. The highest BCUT2D eigenvalue weighted by atomic mass is 32.2. The number of rotatable bonds is 7. The van der Waals surface area contributed by atoms with Crippen molar-refractivity contribution in [2.75, 3.05) is 13.6 Å². The zero-order valence-corrected chi connectivity index (χ0v) is 11.3. The Hall–Kier alpha value is -1.64. The molecule has 0 atom stereocenters. The number of hydrogen-bond acceptors (Lipinski definition) is 5. The normalized spacial score (nSPS) is 11.8. The fourth-order valence-corrected chi connectivity index (χ4v) is 2.22. The molecule has 104 valence electrons. The van der Waals surface area contributed by atoms with E-state index in [1.165, 1.54) is 13.1 Å². The van der Waals surface area contributed by atoms with E-state index in [0.717, 1.165) is 18.8 Å². The Labute approximate surface area is 111 Å². The van der Waals surface area contributed by atoms with Crippen LogP contribution in [-0.2, 0) is 23.0 Å². The third-order valence-corrected chi connectivity index (χ3v) is 3.85. The largest absolute Gasteiger partial charge is 0.447 e. The van der Waals surface area contributed by atoms with Crippen LogP contribution < -0.4 is 10.0 Å². The van der Waals surface area contributed by atoms with Crippen molar-refractivity contribution >= 4 is 10.0 Å². The van der Waals surface area contributed by atoms with Crippen molar-refractivity contribution in [1.29, 1.82) is 0 Å². The molecule has 0 saturated carbocycles. The van der Waals surface area contributed by atoms with Gasteiger partial charge in [-0.2, -0.15) is 0 Å². The predicted molar refractivity (Wildman–Crippen MR) is 69.0 cm³/mol. The summed E-state index contributed by atoms with van der Waals surface area (Å²) in [6.07, 6.45) is 4.25. The van der Waals surface area contributed by atoms with Gasteiger partial charge in [-0.25, -0.2) is 18.1 Å². The first kappa shape index (κ1) is 13.8. The van der Waals surface area contributed by atoms with Crippen LogP contribution in [0.5, 0.6) is 0 Å². The number of imidazole rings is 1. The van der Waals surface area contributed by atoms with Crippen LogP contribution >= 0.6 is 0 Å². The maximum atomic E-state index is 11.5. The first-order valence-electron chi connectivity index (χ1n) is 5.83. The van der Waals surface area contributed by atoms with E-state index in [2.05, 4.69) is 20.0 Å². The van der Waals surface area contributed by atoms with E-state index in [9.17, 15) is 8.42 Å². The van der Waals surface area contributed by atoms with Crippen LogP contribution in [0.4, 0.5) is 0 Å². The molecule has 19 heavy (non-hydrogen) atoms. The highest BCUT2D eigenvalue weighted by Crippen LogP contribution is 2.12. The topological polar surface area (TPSA) is 100 Å². The number of hydrogen-bond donors (Lipinski definition) is 3. The van der Waals surface area contributed by atoms with Gasteiger partial charge in [0.15, 0.2) is 0 Å². The molecule has 8 heteroatoms. The summed E-state index contributed by atoms with van der Waals surface area (Å²) in [6.45, 7) is 1.20. The molecule has 0 unspecified atom stereocenters. The number of furan rings is 1. The smallest absolute Gasteiger partial charge is 0.273 e. The van der Waals surface area contributed by atoms with Gasteiger partial charge in [0.05, 0.1) is 6.54 Å². The summed E-state index contributed by atoms with van der Waals surface area (Å²) in [5.41, 5.74) is 0. The zero-order valence-electron chi connectivity index (χ0n) is 10.5. The van der Waals surface area contributed by atoms with Gasteiger partial charge in [0.25, 0.3) is 10.0 Å². The summed E-state index contributed by atoms with van der Waals surface area (Å²) in [7, 11) is -2.16. The van der Waals surface area contributed by atoms with Crippen molar-refractivity contribution in [1.82, 2.24) is 20.0 Å². The van der Waals surface area contributed by atoms with Crippen LogP contribution in [0, 0.1) is 0 Å². The lowest BCUT2D eigenvalue weighted by molar-refractivity contribution is 0.401. The number of aromatic amines is 1. The molecule has 0 bridgehead atoms. The van der Waals surface area contributed by atoms with Gasteiger partial charge in [-0.1, -0.05) is 0 Å². The lowest BCUT2D eigenvalue weighted by atomic mass is 10.4. The molecular formula is C11H16N4O3S. The summed E-state index contributed by atoms with van der Waals surface area (Å²) >= 11 is 0. The van der Waals surface area contributed by atoms with Gasteiger partial charge in [0, 0.05) is 25.4 Å². The molecule has 0 spiro atoms. The van der Waals surface area contributed by atoms with Gasteiger partial charge in [-0.05, 0) is 19.2 Å². The molecule has 0 amide bonds. The Morgan fingerprint density at radius 3 is 2.95 bits per heavy atom. The van der Waals surface area contributed by atoms with Gasteiger partial charge < -0.3 is 14.7 Å². The van der Waals surface area contributed by atoms with Gasteiger partial charge in [-0.15, -0.1) is 0 Å². The monoisotopic (exact) mass is 284 g/mol. The van der Waals surface area contributed by atoms with Crippen LogP contribution in [0.3, 0.4) is 0 Å². The number of nitrogens with zero attached hydrogens (tertiary/aromatic N) is 1. The van der Waals surface area contributed by atoms with E-state index in [1.54, 1.807) is 18.5 Å². The molecule has 2 aromatic heterocycles. The summed E-state index contributed by atoms with van der Waals surface area (Å²) in [6, 6.07) is 3.08. The zero-order chi connectivity index (χ0) is 13.7. The molecule has 0 aromatic carbocycles. The Kier molecular flexibility index (Phi) is 4.35. The van der Waals surface area contributed by atoms with E-state index in [1.807, 2.05) is 0 Å². The maximum Gasteiger partial charge on any atom is 0.273 e. The highest BCUT2D eigenvalue weighted by molar-refractivity contribution is 7.89. The first-order valence-corrected chi connectivity index (χ1v) is 7.31. The van der Waals surface area contributed by atoms with Crippen molar-refractivity contribution in [3.05, 3.63) is 36.1 Å². The molecule has 3 N–H and O–H groups in total. The Morgan fingerprint density at radius 1 is 1.42 bits per heavy atom. The van der Waals surface area contributed by atoms with Gasteiger partial charge in [0.2, 0.25) is 5.09 Å². The lowest BCUT2D eigenvalue weighted by Gasteiger charge is -2.01. The summed E-state index contributed by atoms with van der Waals surface area (Å²) in [5.74, 6) is 1.48. The van der Waals surface area contributed by atoms with Crippen LogP contribution in [0.25, 0.3) is 0 Å². The molecule has 2 rings (SSSR count). The quantitative estimate of drug-likeness (QED) is 0.633. The average molecular weight is 284 g/mol. The SMILES string of the molecule is CNS(=O)(=O)c1ccc(CNCCc2ncc[nH]2)o1. The van der Waals surface area contributed by atoms with Crippen LogP contribution in [0.1, 0.15) is 11.6 Å². The van der Waals surface area contributed by atoms with Crippen molar-refractivity contribution in [2.45, 2.75) is 18.1 Å². The minimum atomic E-state index is -3.50. The third kappa shape index (κ3) is 3.66.